The summed E-state index contributed by atoms with van der Waals surface area (Å²) in [6, 6.07) is 8.91. The summed E-state index contributed by atoms with van der Waals surface area (Å²) in [4.78, 5) is 0. The lowest BCUT2D eigenvalue weighted by atomic mass is 9.87. The van der Waals surface area contributed by atoms with Crippen molar-refractivity contribution in [1.29, 1.82) is 0 Å². The zero-order chi connectivity index (χ0) is 17.5. The summed E-state index contributed by atoms with van der Waals surface area (Å²) >= 11 is 0. The van der Waals surface area contributed by atoms with Crippen LogP contribution in [0.3, 0.4) is 0 Å². The normalized spacial score (nSPS) is 22.6. The fraction of sp³-hybridized carbons (Fsp3) is 0.619. The van der Waals surface area contributed by atoms with E-state index in [1.165, 1.54) is 0 Å². The van der Waals surface area contributed by atoms with Gasteiger partial charge in [-0.25, -0.2) is 0 Å². The Kier molecular flexibility index (Phi) is 4.65. The van der Waals surface area contributed by atoms with Crippen LogP contribution < -0.4 is 10.1 Å². The second-order valence-electron chi connectivity index (χ2n) is 8.68. The SMILES string of the molecule is CC(C)[C@H](C)c1cc2cc(OC3CC(NC(C)(C)C)C3)ccc2o1. The average molecular weight is 329 g/mol. The number of furan rings is 1. The molecule has 0 spiro atoms. The van der Waals surface area contributed by atoms with Crippen molar-refractivity contribution in [2.75, 3.05) is 0 Å². The van der Waals surface area contributed by atoms with E-state index in [9.17, 15) is 0 Å². The summed E-state index contributed by atoms with van der Waals surface area (Å²) in [6.45, 7) is 13.3. The van der Waals surface area contributed by atoms with Gasteiger partial charge < -0.3 is 14.5 Å². The maximum Gasteiger partial charge on any atom is 0.134 e. The van der Waals surface area contributed by atoms with Crippen molar-refractivity contribution in [2.45, 2.75) is 78.0 Å². The van der Waals surface area contributed by atoms with Crippen molar-refractivity contribution in [1.82, 2.24) is 5.32 Å². The van der Waals surface area contributed by atoms with Gasteiger partial charge in [0.15, 0.2) is 0 Å². The molecule has 132 valence electrons. The topological polar surface area (TPSA) is 34.4 Å². The molecule has 3 nitrogen and oxygen atoms in total. The van der Waals surface area contributed by atoms with Crippen molar-refractivity contribution in [3.8, 4) is 5.75 Å². The molecule has 1 aromatic carbocycles. The highest BCUT2D eigenvalue weighted by molar-refractivity contribution is 5.79. The third kappa shape index (κ3) is 3.94. The van der Waals surface area contributed by atoms with Gasteiger partial charge in [-0.3, -0.25) is 0 Å². The van der Waals surface area contributed by atoms with Crippen LogP contribution in [0.25, 0.3) is 11.0 Å². The number of nitrogens with one attached hydrogen (secondary N) is 1. The summed E-state index contributed by atoms with van der Waals surface area (Å²) in [5, 5.41) is 4.77. The summed E-state index contributed by atoms with van der Waals surface area (Å²) < 4.78 is 12.1. The van der Waals surface area contributed by atoms with Gasteiger partial charge in [0.25, 0.3) is 0 Å². The summed E-state index contributed by atoms with van der Waals surface area (Å²) in [6.07, 6.45) is 2.48. The molecule has 3 rings (SSSR count). The highest BCUT2D eigenvalue weighted by Gasteiger charge is 2.33. The first-order valence-electron chi connectivity index (χ1n) is 9.19. The fourth-order valence-corrected chi connectivity index (χ4v) is 3.25. The Hall–Kier alpha value is -1.48. The van der Waals surface area contributed by atoms with Gasteiger partial charge in [0.05, 0.1) is 0 Å². The smallest absolute Gasteiger partial charge is 0.134 e. The Morgan fingerprint density at radius 1 is 1.12 bits per heavy atom. The van der Waals surface area contributed by atoms with Crippen LogP contribution in [0.4, 0.5) is 0 Å². The lowest BCUT2D eigenvalue weighted by Crippen LogP contribution is -2.53. The van der Waals surface area contributed by atoms with Gasteiger partial charge in [-0.1, -0.05) is 20.8 Å². The molecule has 1 atom stereocenters. The number of hydrogen-bond acceptors (Lipinski definition) is 3. The molecule has 0 aliphatic heterocycles. The Bertz CT molecular complexity index is 689. The molecule has 0 amide bonds. The Morgan fingerprint density at radius 3 is 2.46 bits per heavy atom. The minimum Gasteiger partial charge on any atom is -0.490 e. The number of hydrogen-bond donors (Lipinski definition) is 1. The van der Waals surface area contributed by atoms with Crippen LogP contribution >= 0.6 is 0 Å². The van der Waals surface area contributed by atoms with Crippen molar-refractivity contribution in [2.24, 2.45) is 5.92 Å². The van der Waals surface area contributed by atoms with E-state index in [2.05, 4.69) is 59.0 Å². The van der Waals surface area contributed by atoms with Gasteiger partial charge in [-0.05, 0) is 63.8 Å². The monoisotopic (exact) mass is 329 g/mol. The van der Waals surface area contributed by atoms with Crippen molar-refractivity contribution < 1.29 is 9.15 Å². The second kappa shape index (κ2) is 6.44. The molecule has 1 saturated carbocycles. The quantitative estimate of drug-likeness (QED) is 0.787. The highest BCUT2D eigenvalue weighted by Crippen LogP contribution is 2.33. The van der Waals surface area contributed by atoms with Gasteiger partial charge in [-0.15, -0.1) is 0 Å². The van der Waals surface area contributed by atoms with E-state index in [1.54, 1.807) is 0 Å². The number of ether oxygens (including phenoxy) is 1. The van der Waals surface area contributed by atoms with Gasteiger partial charge in [0.2, 0.25) is 0 Å². The molecule has 2 aromatic rings. The molecule has 0 unspecified atom stereocenters. The van der Waals surface area contributed by atoms with Crippen LogP contribution in [0.15, 0.2) is 28.7 Å². The van der Waals surface area contributed by atoms with Crippen LogP contribution in [-0.4, -0.2) is 17.7 Å². The summed E-state index contributed by atoms with van der Waals surface area (Å²) in [5.41, 5.74) is 1.13. The van der Waals surface area contributed by atoms with E-state index in [1.807, 2.05) is 12.1 Å². The second-order valence-corrected chi connectivity index (χ2v) is 8.68. The molecule has 1 fully saturated rings. The van der Waals surface area contributed by atoms with E-state index >= 15 is 0 Å². The zero-order valence-corrected chi connectivity index (χ0v) is 15.8. The molecule has 1 heterocycles. The lowest BCUT2D eigenvalue weighted by Gasteiger charge is -2.40. The Labute approximate surface area is 145 Å². The minimum atomic E-state index is 0.175. The first-order valence-corrected chi connectivity index (χ1v) is 9.19. The first-order chi connectivity index (χ1) is 11.2. The van der Waals surface area contributed by atoms with Gasteiger partial charge in [0.1, 0.15) is 23.2 Å². The number of fused-ring (bicyclic) bond motifs is 1. The zero-order valence-electron chi connectivity index (χ0n) is 15.8. The number of benzene rings is 1. The van der Waals surface area contributed by atoms with Gasteiger partial charge >= 0.3 is 0 Å². The van der Waals surface area contributed by atoms with Crippen LogP contribution in [0.1, 0.15) is 66.1 Å². The van der Waals surface area contributed by atoms with Gasteiger partial charge in [0, 0.05) is 22.9 Å². The van der Waals surface area contributed by atoms with E-state index < -0.39 is 0 Å². The van der Waals surface area contributed by atoms with Crippen LogP contribution in [0, 0.1) is 5.92 Å². The van der Waals surface area contributed by atoms with E-state index in [0.717, 1.165) is 35.3 Å². The van der Waals surface area contributed by atoms with E-state index in [-0.39, 0.29) is 5.54 Å². The molecule has 1 N–H and O–H groups in total. The molecule has 24 heavy (non-hydrogen) atoms. The largest absolute Gasteiger partial charge is 0.490 e. The molecule has 3 heteroatoms. The van der Waals surface area contributed by atoms with Crippen molar-refractivity contribution in [3.05, 3.63) is 30.0 Å². The van der Waals surface area contributed by atoms with Crippen LogP contribution in [0.2, 0.25) is 0 Å². The molecular formula is C21H31NO2. The van der Waals surface area contributed by atoms with Crippen LogP contribution in [-0.2, 0) is 0 Å². The summed E-state index contributed by atoms with van der Waals surface area (Å²) in [7, 11) is 0. The molecular weight excluding hydrogens is 298 g/mol. The minimum absolute atomic E-state index is 0.175. The third-order valence-electron chi connectivity index (χ3n) is 4.99. The maximum absolute atomic E-state index is 6.14. The summed E-state index contributed by atoms with van der Waals surface area (Å²) in [5.74, 6) is 3.02. The molecule has 1 aliphatic rings. The molecule has 1 aliphatic carbocycles. The average Bonchev–Trinajstić information content (AvgIpc) is 2.85. The predicted molar refractivity (Wildman–Crippen MR) is 99.8 cm³/mol. The number of rotatable bonds is 5. The highest BCUT2D eigenvalue weighted by atomic mass is 16.5. The van der Waals surface area contributed by atoms with E-state index in [4.69, 9.17) is 9.15 Å². The standard InChI is InChI=1S/C21H31NO2/c1-13(2)14(3)20-10-15-9-17(7-8-19(15)24-20)23-18-11-16(12-18)22-21(4,5)6/h7-10,13-14,16,18,22H,11-12H2,1-6H3/t14-,16?,18?/m0/s1. The maximum atomic E-state index is 6.14. The first kappa shape index (κ1) is 17.3. The fourth-order valence-electron chi connectivity index (χ4n) is 3.25. The molecule has 0 radical (unpaired) electrons. The lowest BCUT2D eigenvalue weighted by molar-refractivity contribution is 0.0735. The Balaban J connectivity index is 1.62. The molecule has 0 saturated heterocycles. The predicted octanol–water partition coefficient (Wildman–Crippen LogP) is 5.49. The van der Waals surface area contributed by atoms with Crippen LogP contribution in [0.5, 0.6) is 5.75 Å². The molecule has 1 aromatic heterocycles. The van der Waals surface area contributed by atoms with E-state index in [0.29, 0.717) is 24.0 Å². The third-order valence-corrected chi connectivity index (χ3v) is 4.99. The Morgan fingerprint density at radius 2 is 1.83 bits per heavy atom. The van der Waals surface area contributed by atoms with Crippen molar-refractivity contribution >= 4 is 11.0 Å². The van der Waals surface area contributed by atoms with Gasteiger partial charge in [-0.2, -0.15) is 0 Å². The van der Waals surface area contributed by atoms with Crippen molar-refractivity contribution in [3.63, 3.8) is 0 Å². The molecule has 0 bridgehead atoms.